The predicted octanol–water partition coefficient (Wildman–Crippen LogP) is 1.32. The SMILES string of the molecule is Fc1ccccc1N1CC[NH+](Cc2ccco2)CC1. The molecule has 1 saturated heterocycles. The third-order valence-corrected chi connectivity index (χ3v) is 3.67. The molecular weight excluding hydrogens is 243 g/mol. The Labute approximate surface area is 112 Å². The number of rotatable bonds is 3. The first-order valence-corrected chi connectivity index (χ1v) is 6.68. The molecule has 1 aliphatic heterocycles. The number of hydrogen-bond acceptors (Lipinski definition) is 2. The first-order chi connectivity index (χ1) is 9.33. The summed E-state index contributed by atoms with van der Waals surface area (Å²) in [4.78, 5) is 3.61. The van der Waals surface area contributed by atoms with Crippen molar-refractivity contribution in [2.75, 3.05) is 31.1 Å². The van der Waals surface area contributed by atoms with Crippen LogP contribution in [-0.4, -0.2) is 26.2 Å². The van der Waals surface area contributed by atoms with Crippen molar-refractivity contribution in [2.45, 2.75) is 6.54 Å². The van der Waals surface area contributed by atoms with E-state index in [9.17, 15) is 4.39 Å². The maximum absolute atomic E-state index is 13.7. The summed E-state index contributed by atoms with van der Waals surface area (Å²) in [5.74, 6) is 0.895. The smallest absolute Gasteiger partial charge is 0.157 e. The fourth-order valence-corrected chi connectivity index (χ4v) is 2.61. The second kappa shape index (κ2) is 5.45. The van der Waals surface area contributed by atoms with Gasteiger partial charge in [0.1, 0.15) is 12.4 Å². The summed E-state index contributed by atoms with van der Waals surface area (Å²) in [6.07, 6.45) is 1.71. The van der Waals surface area contributed by atoms with E-state index in [1.807, 2.05) is 24.3 Å². The number of hydrogen-bond donors (Lipinski definition) is 1. The molecule has 0 saturated carbocycles. The first-order valence-electron chi connectivity index (χ1n) is 6.68. The summed E-state index contributed by atoms with van der Waals surface area (Å²) in [5, 5.41) is 0. The van der Waals surface area contributed by atoms with Crippen LogP contribution < -0.4 is 9.80 Å². The van der Waals surface area contributed by atoms with E-state index < -0.39 is 0 Å². The third-order valence-electron chi connectivity index (χ3n) is 3.67. The molecular formula is C15H18FN2O+. The summed E-state index contributed by atoms with van der Waals surface area (Å²) >= 11 is 0. The first kappa shape index (κ1) is 12.2. The van der Waals surface area contributed by atoms with Crippen LogP contribution in [0.25, 0.3) is 0 Å². The van der Waals surface area contributed by atoms with E-state index in [0.717, 1.165) is 44.2 Å². The summed E-state index contributed by atoms with van der Waals surface area (Å²) in [6.45, 7) is 4.70. The fourth-order valence-electron chi connectivity index (χ4n) is 2.61. The van der Waals surface area contributed by atoms with Crippen LogP contribution >= 0.6 is 0 Å². The molecule has 0 unspecified atom stereocenters. The van der Waals surface area contributed by atoms with Gasteiger partial charge in [0.25, 0.3) is 0 Å². The molecule has 1 N–H and O–H groups in total. The average Bonchev–Trinajstić information content (AvgIpc) is 2.93. The minimum absolute atomic E-state index is 0.128. The van der Waals surface area contributed by atoms with Crippen LogP contribution in [0.2, 0.25) is 0 Å². The van der Waals surface area contributed by atoms with Gasteiger partial charge in [-0.25, -0.2) is 4.39 Å². The largest absolute Gasteiger partial charge is 0.463 e. The third kappa shape index (κ3) is 2.79. The van der Waals surface area contributed by atoms with Crippen molar-refractivity contribution in [3.8, 4) is 0 Å². The van der Waals surface area contributed by atoms with Gasteiger partial charge < -0.3 is 14.2 Å². The number of benzene rings is 1. The monoisotopic (exact) mass is 261 g/mol. The molecule has 1 aromatic heterocycles. The van der Waals surface area contributed by atoms with Crippen molar-refractivity contribution >= 4 is 5.69 Å². The number of quaternary nitrogens is 1. The fraction of sp³-hybridized carbons (Fsp3) is 0.333. The van der Waals surface area contributed by atoms with Crippen molar-refractivity contribution in [3.63, 3.8) is 0 Å². The summed E-state index contributed by atoms with van der Waals surface area (Å²) in [5.41, 5.74) is 0.722. The molecule has 1 fully saturated rings. The molecule has 0 spiro atoms. The summed E-state index contributed by atoms with van der Waals surface area (Å²) in [7, 11) is 0. The zero-order valence-electron chi connectivity index (χ0n) is 10.8. The Bertz CT molecular complexity index is 519. The lowest BCUT2D eigenvalue weighted by molar-refractivity contribution is -0.915. The Morgan fingerprint density at radius 2 is 1.89 bits per heavy atom. The standard InChI is InChI=1S/C15H17FN2O/c16-14-5-1-2-6-15(14)18-9-7-17(8-10-18)12-13-4-3-11-19-13/h1-6,11H,7-10,12H2/p+1. The van der Waals surface area contributed by atoms with Gasteiger partial charge in [-0.3, -0.25) is 0 Å². The molecule has 0 radical (unpaired) electrons. The Morgan fingerprint density at radius 3 is 2.58 bits per heavy atom. The molecule has 2 aromatic rings. The zero-order valence-corrected chi connectivity index (χ0v) is 10.8. The van der Waals surface area contributed by atoms with Crippen molar-refractivity contribution in [2.24, 2.45) is 0 Å². The van der Waals surface area contributed by atoms with Crippen LogP contribution in [0.15, 0.2) is 47.1 Å². The highest BCUT2D eigenvalue weighted by atomic mass is 19.1. The maximum Gasteiger partial charge on any atom is 0.157 e. The number of nitrogens with zero attached hydrogens (tertiary/aromatic N) is 1. The topological polar surface area (TPSA) is 20.8 Å². The van der Waals surface area contributed by atoms with Crippen molar-refractivity contribution in [3.05, 3.63) is 54.2 Å². The molecule has 3 nitrogen and oxygen atoms in total. The summed E-state index contributed by atoms with van der Waals surface area (Å²) in [6, 6.07) is 10.9. The van der Waals surface area contributed by atoms with Gasteiger partial charge in [-0.1, -0.05) is 12.1 Å². The van der Waals surface area contributed by atoms with E-state index in [2.05, 4.69) is 4.90 Å². The second-order valence-electron chi connectivity index (χ2n) is 4.94. The molecule has 0 amide bonds. The van der Waals surface area contributed by atoms with Gasteiger partial charge >= 0.3 is 0 Å². The molecule has 100 valence electrons. The Balaban J connectivity index is 1.59. The number of nitrogens with one attached hydrogen (secondary N) is 1. The van der Waals surface area contributed by atoms with E-state index in [4.69, 9.17) is 4.42 Å². The number of halogens is 1. The Hall–Kier alpha value is -1.81. The molecule has 2 heterocycles. The molecule has 1 aliphatic rings. The molecule has 0 atom stereocenters. The molecule has 3 rings (SSSR count). The molecule has 0 bridgehead atoms. The van der Waals surface area contributed by atoms with Crippen LogP contribution in [0.3, 0.4) is 0 Å². The van der Waals surface area contributed by atoms with Gasteiger partial charge in [0, 0.05) is 0 Å². The predicted molar refractivity (Wildman–Crippen MR) is 71.7 cm³/mol. The lowest BCUT2D eigenvalue weighted by Crippen LogP contribution is -3.13. The Kier molecular flexibility index (Phi) is 3.51. The van der Waals surface area contributed by atoms with Crippen LogP contribution in [-0.2, 0) is 6.54 Å². The van der Waals surface area contributed by atoms with E-state index >= 15 is 0 Å². The summed E-state index contributed by atoms with van der Waals surface area (Å²) < 4.78 is 19.1. The van der Waals surface area contributed by atoms with E-state index in [0.29, 0.717) is 0 Å². The lowest BCUT2D eigenvalue weighted by Gasteiger charge is -2.33. The van der Waals surface area contributed by atoms with E-state index in [-0.39, 0.29) is 5.82 Å². The highest BCUT2D eigenvalue weighted by Crippen LogP contribution is 2.18. The molecule has 4 heteroatoms. The molecule has 1 aromatic carbocycles. The highest BCUT2D eigenvalue weighted by Gasteiger charge is 2.22. The minimum atomic E-state index is -0.128. The molecule has 0 aliphatic carbocycles. The zero-order chi connectivity index (χ0) is 13.1. The quantitative estimate of drug-likeness (QED) is 0.899. The average molecular weight is 261 g/mol. The number of piperazine rings is 1. The van der Waals surface area contributed by atoms with Gasteiger partial charge in [-0.15, -0.1) is 0 Å². The second-order valence-corrected chi connectivity index (χ2v) is 4.94. The van der Waals surface area contributed by atoms with Crippen LogP contribution in [0.5, 0.6) is 0 Å². The minimum Gasteiger partial charge on any atom is -0.463 e. The number of furan rings is 1. The van der Waals surface area contributed by atoms with Gasteiger partial charge in [0.05, 0.1) is 38.1 Å². The highest BCUT2D eigenvalue weighted by molar-refractivity contribution is 5.47. The van der Waals surface area contributed by atoms with Crippen molar-refractivity contribution < 1.29 is 13.7 Å². The van der Waals surface area contributed by atoms with Crippen molar-refractivity contribution in [1.29, 1.82) is 0 Å². The Morgan fingerprint density at radius 1 is 1.11 bits per heavy atom. The van der Waals surface area contributed by atoms with Crippen molar-refractivity contribution in [1.82, 2.24) is 0 Å². The lowest BCUT2D eigenvalue weighted by atomic mass is 10.2. The number of anilines is 1. The van der Waals surface area contributed by atoms with E-state index in [1.165, 1.54) is 11.0 Å². The normalized spacial score (nSPS) is 16.8. The van der Waals surface area contributed by atoms with Crippen LogP contribution in [0.1, 0.15) is 5.76 Å². The molecule has 19 heavy (non-hydrogen) atoms. The van der Waals surface area contributed by atoms with Crippen LogP contribution in [0, 0.1) is 5.82 Å². The van der Waals surface area contributed by atoms with Gasteiger partial charge in [0.15, 0.2) is 5.76 Å². The number of para-hydroxylation sites is 1. The van der Waals surface area contributed by atoms with Gasteiger partial charge in [-0.05, 0) is 24.3 Å². The van der Waals surface area contributed by atoms with Gasteiger partial charge in [-0.2, -0.15) is 0 Å². The van der Waals surface area contributed by atoms with Crippen LogP contribution in [0.4, 0.5) is 10.1 Å². The maximum atomic E-state index is 13.7. The van der Waals surface area contributed by atoms with Gasteiger partial charge in [0.2, 0.25) is 0 Å². The van der Waals surface area contributed by atoms with E-state index in [1.54, 1.807) is 12.3 Å².